The van der Waals surface area contributed by atoms with Crippen molar-refractivity contribution in [3.05, 3.63) is 42.3 Å². The second kappa shape index (κ2) is 10.3. The van der Waals surface area contributed by atoms with Gasteiger partial charge in [-0.1, -0.05) is 18.2 Å². The van der Waals surface area contributed by atoms with Gasteiger partial charge in [0.05, 0.1) is 12.2 Å². The molecular weight excluding hydrogens is 498 g/mol. The molecule has 1 aromatic heterocycles. The maximum absolute atomic E-state index is 12.9. The molecular formula is C19H25F3IN5O. The summed E-state index contributed by atoms with van der Waals surface area (Å²) >= 11 is 0. The maximum Gasteiger partial charge on any atom is 0.403 e. The molecule has 0 amide bonds. The number of halogens is 4. The van der Waals surface area contributed by atoms with Crippen LogP contribution in [0.25, 0.3) is 11.5 Å². The van der Waals surface area contributed by atoms with Gasteiger partial charge < -0.3 is 14.6 Å². The smallest absolute Gasteiger partial charge is 0.403 e. The van der Waals surface area contributed by atoms with Crippen LogP contribution in [-0.4, -0.2) is 66.2 Å². The number of piperazine rings is 1. The van der Waals surface area contributed by atoms with Crippen LogP contribution >= 0.6 is 24.0 Å². The largest absolute Gasteiger partial charge is 0.444 e. The van der Waals surface area contributed by atoms with Gasteiger partial charge >= 0.3 is 6.18 Å². The molecule has 2 heterocycles. The van der Waals surface area contributed by atoms with Gasteiger partial charge in [0.25, 0.3) is 0 Å². The molecule has 0 bridgehead atoms. The van der Waals surface area contributed by atoms with Crippen LogP contribution < -0.4 is 5.32 Å². The van der Waals surface area contributed by atoms with Gasteiger partial charge in [-0.15, -0.1) is 24.0 Å². The highest BCUT2D eigenvalue weighted by molar-refractivity contribution is 14.0. The molecule has 0 aliphatic carbocycles. The van der Waals surface area contributed by atoms with Gasteiger partial charge in [0, 0.05) is 38.8 Å². The van der Waals surface area contributed by atoms with E-state index in [9.17, 15) is 13.2 Å². The molecule has 1 unspecified atom stereocenters. The summed E-state index contributed by atoms with van der Waals surface area (Å²) in [6.45, 7) is 3.26. The van der Waals surface area contributed by atoms with E-state index in [1.54, 1.807) is 13.3 Å². The predicted molar refractivity (Wildman–Crippen MR) is 116 cm³/mol. The molecule has 0 spiro atoms. The molecule has 1 atom stereocenters. The van der Waals surface area contributed by atoms with E-state index in [0.717, 1.165) is 11.3 Å². The van der Waals surface area contributed by atoms with E-state index in [2.05, 4.69) is 15.3 Å². The summed E-state index contributed by atoms with van der Waals surface area (Å²) in [5.74, 6) is 1.19. The van der Waals surface area contributed by atoms with Crippen LogP contribution in [0.3, 0.4) is 0 Å². The first-order chi connectivity index (χ1) is 13.4. The van der Waals surface area contributed by atoms with Crippen molar-refractivity contribution in [2.45, 2.75) is 25.7 Å². The Balaban J connectivity index is 0.00000300. The summed E-state index contributed by atoms with van der Waals surface area (Å²) < 4.78 is 44.2. The summed E-state index contributed by atoms with van der Waals surface area (Å²) in [6, 6.07) is 8.16. The van der Waals surface area contributed by atoms with Gasteiger partial charge in [-0.25, -0.2) is 4.98 Å². The zero-order chi connectivity index (χ0) is 20.1. The molecule has 10 heteroatoms. The Hall–Kier alpha value is -1.82. The third-order valence-corrected chi connectivity index (χ3v) is 4.85. The first kappa shape index (κ1) is 23.5. The molecule has 1 saturated heterocycles. The van der Waals surface area contributed by atoms with E-state index >= 15 is 0 Å². The minimum absolute atomic E-state index is 0. The first-order valence-electron chi connectivity index (χ1n) is 9.14. The van der Waals surface area contributed by atoms with Gasteiger partial charge in [0.15, 0.2) is 5.96 Å². The molecule has 29 heavy (non-hydrogen) atoms. The monoisotopic (exact) mass is 523 g/mol. The second-order valence-corrected chi connectivity index (χ2v) is 6.65. The number of oxazole rings is 1. The molecule has 1 aliphatic heterocycles. The summed E-state index contributed by atoms with van der Waals surface area (Å²) in [5, 5.41) is 3.21. The Labute approximate surface area is 185 Å². The molecule has 1 aliphatic rings. The van der Waals surface area contributed by atoms with Crippen LogP contribution in [-0.2, 0) is 6.54 Å². The van der Waals surface area contributed by atoms with Gasteiger partial charge in [0.1, 0.15) is 12.3 Å². The summed E-state index contributed by atoms with van der Waals surface area (Å²) in [5.41, 5.74) is 1.62. The number of nitrogens with zero attached hydrogens (tertiary/aromatic N) is 4. The van der Waals surface area contributed by atoms with Crippen molar-refractivity contribution < 1.29 is 17.6 Å². The molecule has 0 radical (unpaired) electrons. The van der Waals surface area contributed by atoms with Crippen molar-refractivity contribution in [3.8, 4) is 11.5 Å². The highest BCUT2D eigenvalue weighted by Gasteiger charge is 2.41. The Morgan fingerprint density at radius 3 is 2.45 bits per heavy atom. The number of hydrogen-bond donors (Lipinski definition) is 1. The van der Waals surface area contributed by atoms with Crippen LogP contribution in [0.5, 0.6) is 0 Å². The van der Waals surface area contributed by atoms with Crippen molar-refractivity contribution in [1.82, 2.24) is 20.1 Å². The third kappa shape index (κ3) is 6.08. The number of guanidine groups is 1. The van der Waals surface area contributed by atoms with Crippen LogP contribution in [0, 0.1) is 0 Å². The first-order valence-corrected chi connectivity index (χ1v) is 9.14. The van der Waals surface area contributed by atoms with Gasteiger partial charge in [-0.3, -0.25) is 9.89 Å². The lowest BCUT2D eigenvalue weighted by atomic mass is 10.2. The number of nitrogens with one attached hydrogen (secondary N) is 1. The number of alkyl halides is 3. The van der Waals surface area contributed by atoms with Crippen LogP contribution in [0.1, 0.15) is 12.6 Å². The Kier molecular flexibility index (Phi) is 8.32. The maximum atomic E-state index is 12.9. The number of rotatable bonds is 4. The Morgan fingerprint density at radius 2 is 1.86 bits per heavy atom. The molecule has 2 aromatic rings. The molecule has 6 nitrogen and oxygen atoms in total. The van der Waals surface area contributed by atoms with Gasteiger partial charge in [-0.05, 0) is 19.1 Å². The van der Waals surface area contributed by atoms with Crippen molar-refractivity contribution in [2.24, 2.45) is 4.99 Å². The number of aliphatic imine (C=N–C) groups is 1. The van der Waals surface area contributed by atoms with Gasteiger partial charge in [0.2, 0.25) is 5.89 Å². The molecule has 1 N–H and O–H groups in total. The Bertz CT molecular complexity index is 789. The second-order valence-electron chi connectivity index (χ2n) is 6.65. The minimum Gasteiger partial charge on any atom is -0.444 e. The van der Waals surface area contributed by atoms with Crippen LogP contribution in [0.15, 0.2) is 46.0 Å². The van der Waals surface area contributed by atoms with Crippen LogP contribution in [0.2, 0.25) is 0 Å². The third-order valence-electron chi connectivity index (χ3n) is 4.85. The lowest BCUT2D eigenvalue weighted by molar-refractivity contribution is -0.181. The summed E-state index contributed by atoms with van der Waals surface area (Å²) in [7, 11) is 1.66. The molecule has 1 aromatic carbocycles. The van der Waals surface area contributed by atoms with E-state index in [4.69, 9.17) is 4.42 Å². The molecule has 160 valence electrons. The van der Waals surface area contributed by atoms with Gasteiger partial charge in [-0.2, -0.15) is 13.2 Å². The zero-order valence-electron chi connectivity index (χ0n) is 16.3. The average molecular weight is 523 g/mol. The standard InChI is InChI=1S/C19H24F3N5O.HI/c1-14(19(20,21)22)26-8-10-27(11-9-26)18(23-2)24-12-16-13-28-17(25-16)15-6-4-3-5-7-15;/h3-7,13-14H,8-12H2,1-2H3,(H,23,24);1H. The van der Waals surface area contributed by atoms with E-state index < -0.39 is 12.2 Å². The van der Waals surface area contributed by atoms with Crippen molar-refractivity contribution in [3.63, 3.8) is 0 Å². The zero-order valence-corrected chi connectivity index (χ0v) is 18.6. The normalized spacial score (nSPS) is 17.0. The van der Waals surface area contributed by atoms with Crippen molar-refractivity contribution in [2.75, 3.05) is 33.2 Å². The van der Waals surface area contributed by atoms with E-state index in [1.807, 2.05) is 35.2 Å². The fourth-order valence-electron chi connectivity index (χ4n) is 3.13. The van der Waals surface area contributed by atoms with E-state index in [-0.39, 0.29) is 24.0 Å². The SMILES string of the molecule is CN=C(NCc1coc(-c2ccccc2)n1)N1CCN(C(C)C(F)(F)F)CC1.I. The minimum atomic E-state index is -4.20. The fraction of sp³-hybridized carbons (Fsp3) is 0.474. The number of hydrogen-bond acceptors (Lipinski definition) is 4. The molecule has 3 rings (SSSR count). The Morgan fingerprint density at radius 1 is 1.21 bits per heavy atom. The van der Waals surface area contributed by atoms with E-state index in [1.165, 1.54) is 11.8 Å². The molecule has 0 saturated carbocycles. The quantitative estimate of drug-likeness (QED) is 0.377. The summed E-state index contributed by atoms with van der Waals surface area (Å²) in [4.78, 5) is 12.1. The highest BCUT2D eigenvalue weighted by Crippen LogP contribution is 2.25. The van der Waals surface area contributed by atoms with Crippen molar-refractivity contribution in [1.29, 1.82) is 0 Å². The number of aromatic nitrogens is 1. The number of benzene rings is 1. The predicted octanol–water partition coefficient (Wildman–Crippen LogP) is 3.60. The lowest BCUT2D eigenvalue weighted by Gasteiger charge is -2.39. The van der Waals surface area contributed by atoms with E-state index in [0.29, 0.717) is 44.6 Å². The highest BCUT2D eigenvalue weighted by atomic mass is 127. The fourth-order valence-corrected chi connectivity index (χ4v) is 3.13. The average Bonchev–Trinajstić information content (AvgIpc) is 3.17. The molecule has 1 fully saturated rings. The van der Waals surface area contributed by atoms with Crippen molar-refractivity contribution >= 4 is 29.9 Å². The topological polar surface area (TPSA) is 56.9 Å². The lowest BCUT2D eigenvalue weighted by Crippen LogP contribution is -2.56. The van der Waals surface area contributed by atoms with Crippen LogP contribution in [0.4, 0.5) is 13.2 Å². The summed E-state index contributed by atoms with van der Waals surface area (Å²) in [6.07, 6.45) is -2.61.